The molecule has 0 spiro atoms. The quantitative estimate of drug-likeness (QED) is 0.880. The monoisotopic (exact) mass is 317 g/mol. The van der Waals surface area contributed by atoms with Crippen LogP contribution in [-0.4, -0.2) is 24.1 Å². The number of pyridine rings is 1. The predicted molar refractivity (Wildman–Crippen MR) is 73.2 cm³/mol. The minimum atomic E-state index is -4.36. The molecule has 2 heterocycles. The van der Waals surface area contributed by atoms with Gasteiger partial charge in [0.15, 0.2) is 0 Å². The number of rotatable bonds is 2. The molecule has 0 radical (unpaired) electrons. The van der Waals surface area contributed by atoms with Gasteiger partial charge in [0.25, 0.3) is 0 Å². The molecule has 1 aromatic heterocycles. The van der Waals surface area contributed by atoms with Crippen LogP contribution in [0.4, 0.5) is 19.0 Å². The first-order valence-electron chi connectivity index (χ1n) is 5.57. The molecule has 0 saturated carbocycles. The summed E-state index contributed by atoms with van der Waals surface area (Å²) in [5, 5.41) is 6.05. The number of anilines is 1. The smallest absolute Gasteiger partial charge is 0.367 e. The molecule has 0 aliphatic carbocycles. The summed E-state index contributed by atoms with van der Waals surface area (Å²) in [6, 6.07) is 2.42. The maximum absolute atomic E-state index is 12.7. The fourth-order valence-electron chi connectivity index (χ4n) is 1.91. The molecule has 0 amide bonds. The summed E-state index contributed by atoms with van der Waals surface area (Å²) >= 11 is 0. The van der Waals surface area contributed by atoms with Crippen molar-refractivity contribution in [3.63, 3.8) is 0 Å². The third kappa shape index (κ3) is 5.04. The van der Waals surface area contributed by atoms with Crippen molar-refractivity contribution < 1.29 is 13.2 Å². The Morgan fingerprint density at radius 2 is 1.84 bits per heavy atom. The molecular formula is C11H16Cl2F3N3. The zero-order valence-electron chi connectivity index (χ0n) is 10.0. The van der Waals surface area contributed by atoms with Crippen LogP contribution in [0.2, 0.25) is 0 Å². The fraction of sp³-hybridized carbons (Fsp3) is 0.545. The number of alkyl halides is 3. The van der Waals surface area contributed by atoms with Gasteiger partial charge in [-0.1, -0.05) is 0 Å². The first kappa shape index (κ1) is 18.3. The second kappa shape index (κ2) is 7.77. The molecule has 2 rings (SSSR count). The van der Waals surface area contributed by atoms with E-state index in [9.17, 15) is 13.2 Å². The molecule has 1 aliphatic heterocycles. The van der Waals surface area contributed by atoms with E-state index in [-0.39, 0.29) is 36.7 Å². The number of nitrogens with one attached hydrogen (secondary N) is 2. The summed E-state index contributed by atoms with van der Waals surface area (Å²) in [5.74, 6) is -0.0631. The molecule has 0 aromatic carbocycles. The molecule has 1 aliphatic rings. The van der Waals surface area contributed by atoms with Crippen LogP contribution >= 0.6 is 24.8 Å². The van der Waals surface area contributed by atoms with Gasteiger partial charge in [0.1, 0.15) is 5.82 Å². The van der Waals surface area contributed by atoms with Gasteiger partial charge in [-0.05, 0) is 38.1 Å². The van der Waals surface area contributed by atoms with Crippen LogP contribution in [0.25, 0.3) is 0 Å². The minimum absolute atomic E-state index is 0. The Morgan fingerprint density at radius 1 is 1.21 bits per heavy atom. The molecular weight excluding hydrogens is 302 g/mol. The second-order valence-electron chi connectivity index (χ2n) is 4.07. The topological polar surface area (TPSA) is 37.0 Å². The highest BCUT2D eigenvalue weighted by molar-refractivity contribution is 5.85. The molecule has 19 heavy (non-hydrogen) atoms. The van der Waals surface area contributed by atoms with Crippen LogP contribution in [0.3, 0.4) is 0 Å². The summed E-state index contributed by atoms with van der Waals surface area (Å²) in [6.07, 6.45) is -1.36. The molecule has 1 saturated heterocycles. The highest BCUT2D eigenvalue weighted by atomic mass is 35.5. The van der Waals surface area contributed by atoms with Gasteiger partial charge in [-0.3, -0.25) is 0 Å². The lowest BCUT2D eigenvalue weighted by atomic mass is 10.1. The number of hydrogen-bond acceptors (Lipinski definition) is 3. The second-order valence-corrected chi connectivity index (χ2v) is 4.07. The van der Waals surface area contributed by atoms with E-state index in [0.29, 0.717) is 0 Å². The molecule has 0 atom stereocenters. The van der Waals surface area contributed by atoms with E-state index in [4.69, 9.17) is 0 Å². The number of nitrogens with zero attached hydrogens (tertiary/aromatic N) is 1. The van der Waals surface area contributed by atoms with E-state index >= 15 is 0 Å². The van der Waals surface area contributed by atoms with Crippen LogP contribution in [0.5, 0.6) is 0 Å². The van der Waals surface area contributed by atoms with Crippen LogP contribution in [-0.2, 0) is 6.18 Å². The lowest BCUT2D eigenvalue weighted by Gasteiger charge is -2.25. The summed E-state index contributed by atoms with van der Waals surface area (Å²) in [5.41, 5.74) is -0.696. The molecule has 3 nitrogen and oxygen atoms in total. The summed E-state index contributed by atoms with van der Waals surface area (Å²) < 4.78 is 38.1. The van der Waals surface area contributed by atoms with Crippen molar-refractivity contribution in [2.75, 3.05) is 18.4 Å². The van der Waals surface area contributed by atoms with Gasteiger partial charge in [0.2, 0.25) is 0 Å². The van der Waals surface area contributed by atoms with Crippen molar-refractivity contribution in [3.8, 4) is 0 Å². The van der Waals surface area contributed by atoms with E-state index in [1.807, 2.05) is 0 Å². The Bertz CT molecular complexity index is 382. The van der Waals surface area contributed by atoms with Crippen LogP contribution in [0, 0.1) is 0 Å². The number of piperidine rings is 1. The highest BCUT2D eigenvalue weighted by Crippen LogP contribution is 2.33. The Kier molecular flexibility index (Phi) is 7.47. The molecule has 0 bridgehead atoms. The predicted octanol–water partition coefficient (Wildman–Crippen LogP) is 3.11. The largest absolute Gasteiger partial charge is 0.419 e. The zero-order chi connectivity index (χ0) is 12.3. The molecule has 8 heteroatoms. The third-order valence-electron chi connectivity index (χ3n) is 2.79. The van der Waals surface area contributed by atoms with Crippen molar-refractivity contribution in [3.05, 3.63) is 23.9 Å². The SMILES string of the molecule is Cl.Cl.FC(F)(F)c1cccnc1NC1CCNCC1. The van der Waals surface area contributed by atoms with E-state index < -0.39 is 11.7 Å². The number of halogens is 5. The zero-order valence-corrected chi connectivity index (χ0v) is 11.7. The van der Waals surface area contributed by atoms with Crippen molar-refractivity contribution >= 4 is 30.6 Å². The Hall–Kier alpha value is -0.720. The maximum Gasteiger partial charge on any atom is 0.419 e. The number of aromatic nitrogens is 1. The summed E-state index contributed by atoms with van der Waals surface area (Å²) in [6.45, 7) is 1.65. The van der Waals surface area contributed by atoms with E-state index in [0.717, 1.165) is 32.0 Å². The molecule has 1 fully saturated rings. The molecule has 2 N–H and O–H groups in total. The molecule has 110 valence electrons. The minimum Gasteiger partial charge on any atom is -0.367 e. The van der Waals surface area contributed by atoms with Gasteiger partial charge in [0.05, 0.1) is 5.56 Å². The average molecular weight is 318 g/mol. The summed E-state index contributed by atoms with van der Waals surface area (Å²) in [4.78, 5) is 3.79. The molecule has 0 unspecified atom stereocenters. The lowest BCUT2D eigenvalue weighted by Crippen LogP contribution is -2.36. The van der Waals surface area contributed by atoms with Gasteiger partial charge in [0, 0.05) is 12.2 Å². The molecule has 1 aromatic rings. The van der Waals surface area contributed by atoms with Crippen molar-refractivity contribution in [2.45, 2.75) is 25.1 Å². The first-order chi connectivity index (χ1) is 8.07. The normalized spacial score (nSPS) is 16.2. The Balaban J connectivity index is 0.00000162. The van der Waals surface area contributed by atoms with Crippen LogP contribution in [0.1, 0.15) is 18.4 Å². The van der Waals surface area contributed by atoms with Gasteiger partial charge in [-0.25, -0.2) is 4.98 Å². The van der Waals surface area contributed by atoms with Crippen molar-refractivity contribution in [1.29, 1.82) is 0 Å². The van der Waals surface area contributed by atoms with Crippen LogP contribution in [0.15, 0.2) is 18.3 Å². The van der Waals surface area contributed by atoms with Crippen LogP contribution < -0.4 is 10.6 Å². The van der Waals surface area contributed by atoms with Gasteiger partial charge < -0.3 is 10.6 Å². The highest BCUT2D eigenvalue weighted by Gasteiger charge is 2.34. The van der Waals surface area contributed by atoms with Gasteiger partial charge >= 0.3 is 6.18 Å². The Morgan fingerprint density at radius 3 is 2.42 bits per heavy atom. The van der Waals surface area contributed by atoms with E-state index in [2.05, 4.69) is 15.6 Å². The maximum atomic E-state index is 12.7. The third-order valence-corrected chi connectivity index (χ3v) is 2.79. The van der Waals surface area contributed by atoms with E-state index in [1.165, 1.54) is 12.3 Å². The first-order valence-corrected chi connectivity index (χ1v) is 5.57. The van der Waals surface area contributed by atoms with Crippen molar-refractivity contribution in [1.82, 2.24) is 10.3 Å². The number of hydrogen-bond donors (Lipinski definition) is 2. The van der Waals surface area contributed by atoms with E-state index in [1.54, 1.807) is 0 Å². The average Bonchev–Trinajstić information content (AvgIpc) is 2.30. The van der Waals surface area contributed by atoms with Crippen molar-refractivity contribution in [2.24, 2.45) is 0 Å². The fourth-order valence-corrected chi connectivity index (χ4v) is 1.91. The van der Waals surface area contributed by atoms with Gasteiger partial charge in [-0.15, -0.1) is 24.8 Å². The van der Waals surface area contributed by atoms with Gasteiger partial charge in [-0.2, -0.15) is 13.2 Å². The summed E-state index contributed by atoms with van der Waals surface area (Å²) in [7, 11) is 0. The lowest BCUT2D eigenvalue weighted by molar-refractivity contribution is -0.137. The standard InChI is InChI=1S/C11H14F3N3.2ClH/c12-11(13,14)9-2-1-5-16-10(9)17-8-3-6-15-7-4-8;;/h1-2,5,8,15H,3-4,6-7H2,(H,16,17);2*1H. The Labute approximate surface area is 122 Å².